The lowest BCUT2D eigenvalue weighted by atomic mass is 9.80. The molecule has 0 unspecified atom stereocenters. The first-order valence-electron chi connectivity index (χ1n) is 7.05. The van der Waals surface area contributed by atoms with Crippen LogP contribution in [0, 0.1) is 9.49 Å². The molecule has 0 radical (unpaired) electrons. The van der Waals surface area contributed by atoms with Gasteiger partial charge >= 0.3 is 0 Å². The Balaban J connectivity index is 1.98. The van der Waals surface area contributed by atoms with E-state index in [4.69, 9.17) is 0 Å². The van der Waals surface area contributed by atoms with E-state index in [1.54, 1.807) is 0 Å². The van der Waals surface area contributed by atoms with Gasteiger partial charge in [-0.05, 0) is 59.5 Å². The SMILES string of the molecule is CCCCCC[C@@H]1CCc2cc(I)ccc2C1=O. The van der Waals surface area contributed by atoms with Gasteiger partial charge < -0.3 is 0 Å². The third kappa shape index (κ3) is 3.34. The predicted molar refractivity (Wildman–Crippen MR) is 84.1 cm³/mol. The maximum atomic E-state index is 12.4. The van der Waals surface area contributed by atoms with Crippen LogP contribution in [0.3, 0.4) is 0 Å². The third-order valence-electron chi connectivity index (χ3n) is 3.87. The molecule has 0 spiro atoms. The average molecular weight is 356 g/mol. The molecule has 0 fully saturated rings. The van der Waals surface area contributed by atoms with Crippen molar-refractivity contribution in [1.29, 1.82) is 0 Å². The zero-order valence-electron chi connectivity index (χ0n) is 11.0. The fourth-order valence-electron chi connectivity index (χ4n) is 2.78. The number of fused-ring (bicyclic) bond motifs is 1. The smallest absolute Gasteiger partial charge is 0.166 e. The molecule has 1 nitrogen and oxygen atoms in total. The second-order valence-corrected chi connectivity index (χ2v) is 6.50. The summed E-state index contributed by atoms with van der Waals surface area (Å²) in [5.74, 6) is 0.679. The maximum Gasteiger partial charge on any atom is 0.166 e. The first kappa shape index (κ1) is 14.0. The van der Waals surface area contributed by atoms with Crippen LogP contribution in [0.15, 0.2) is 18.2 Å². The van der Waals surface area contributed by atoms with Crippen molar-refractivity contribution in [2.45, 2.75) is 51.9 Å². The molecule has 0 aliphatic heterocycles. The summed E-state index contributed by atoms with van der Waals surface area (Å²) in [5, 5.41) is 0. The highest BCUT2D eigenvalue weighted by atomic mass is 127. The molecule has 0 aromatic heterocycles. The molecule has 0 amide bonds. The number of ketones is 1. The lowest BCUT2D eigenvalue weighted by Crippen LogP contribution is -2.22. The Bertz CT molecular complexity index is 425. The quantitative estimate of drug-likeness (QED) is 0.536. The number of carbonyl (C=O) groups excluding carboxylic acids is 1. The molecule has 0 saturated heterocycles. The minimum atomic E-state index is 0.286. The Kier molecular flexibility index (Phi) is 5.22. The highest BCUT2D eigenvalue weighted by molar-refractivity contribution is 14.1. The van der Waals surface area contributed by atoms with Crippen LogP contribution in [0.25, 0.3) is 0 Å². The third-order valence-corrected chi connectivity index (χ3v) is 4.54. The Labute approximate surface area is 123 Å². The Morgan fingerprint density at radius 3 is 2.89 bits per heavy atom. The van der Waals surface area contributed by atoms with Crippen molar-refractivity contribution in [2.75, 3.05) is 0 Å². The molecule has 1 aliphatic carbocycles. The van der Waals surface area contributed by atoms with E-state index in [0.717, 1.165) is 24.8 Å². The number of unbranched alkanes of at least 4 members (excludes halogenated alkanes) is 3. The number of carbonyl (C=O) groups is 1. The summed E-state index contributed by atoms with van der Waals surface area (Å²) in [4.78, 5) is 12.4. The number of aryl methyl sites for hydroxylation is 1. The van der Waals surface area contributed by atoms with Gasteiger partial charge in [0, 0.05) is 15.1 Å². The first-order valence-corrected chi connectivity index (χ1v) is 8.13. The van der Waals surface area contributed by atoms with Crippen LogP contribution in [0.5, 0.6) is 0 Å². The second kappa shape index (κ2) is 6.69. The molecule has 1 atom stereocenters. The van der Waals surface area contributed by atoms with Gasteiger partial charge in [-0.3, -0.25) is 4.79 Å². The van der Waals surface area contributed by atoms with Crippen molar-refractivity contribution >= 4 is 28.4 Å². The van der Waals surface area contributed by atoms with Crippen LogP contribution in [0.1, 0.15) is 61.4 Å². The molecule has 18 heavy (non-hydrogen) atoms. The number of benzene rings is 1. The molecule has 1 aliphatic rings. The van der Waals surface area contributed by atoms with Gasteiger partial charge in [-0.25, -0.2) is 0 Å². The summed E-state index contributed by atoms with van der Waals surface area (Å²) in [5.41, 5.74) is 2.25. The van der Waals surface area contributed by atoms with Crippen LogP contribution < -0.4 is 0 Å². The topological polar surface area (TPSA) is 17.1 Å². The van der Waals surface area contributed by atoms with Gasteiger partial charge in [0.2, 0.25) is 0 Å². The summed E-state index contributed by atoms with van der Waals surface area (Å²) in [6, 6.07) is 6.25. The number of Topliss-reactive ketones (excluding diaryl/α,β-unsaturated/α-hetero) is 1. The van der Waals surface area contributed by atoms with Gasteiger partial charge in [-0.15, -0.1) is 0 Å². The molecule has 2 heteroatoms. The van der Waals surface area contributed by atoms with Crippen molar-refractivity contribution in [2.24, 2.45) is 5.92 Å². The molecule has 0 heterocycles. The fraction of sp³-hybridized carbons (Fsp3) is 0.562. The van der Waals surface area contributed by atoms with E-state index in [1.165, 1.54) is 34.8 Å². The van der Waals surface area contributed by atoms with E-state index in [0.29, 0.717) is 5.78 Å². The Morgan fingerprint density at radius 1 is 1.28 bits per heavy atom. The highest BCUT2D eigenvalue weighted by Gasteiger charge is 2.26. The lowest BCUT2D eigenvalue weighted by molar-refractivity contribution is 0.0892. The zero-order valence-corrected chi connectivity index (χ0v) is 13.2. The summed E-state index contributed by atoms with van der Waals surface area (Å²) < 4.78 is 1.24. The van der Waals surface area contributed by atoms with Gasteiger partial charge in [0.15, 0.2) is 5.78 Å². The second-order valence-electron chi connectivity index (χ2n) is 5.25. The van der Waals surface area contributed by atoms with Gasteiger partial charge in [0.05, 0.1) is 0 Å². The fourth-order valence-corrected chi connectivity index (χ4v) is 3.34. The number of hydrogen-bond acceptors (Lipinski definition) is 1. The molecule has 0 N–H and O–H groups in total. The van der Waals surface area contributed by atoms with Crippen molar-refractivity contribution in [3.8, 4) is 0 Å². The Hall–Kier alpha value is -0.380. The highest BCUT2D eigenvalue weighted by Crippen LogP contribution is 2.30. The molecule has 1 aromatic carbocycles. The minimum Gasteiger partial charge on any atom is -0.294 e. The minimum absolute atomic E-state index is 0.286. The van der Waals surface area contributed by atoms with Gasteiger partial charge in [-0.2, -0.15) is 0 Å². The molecule has 0 saturated carbocycles. The van der Waals surface area contributed by atoms with Crippen molar-refractivity contribution in [3.05, 3.63) is 32.9 Å². The van der Waals surface area contributed by atoms with Crippen LogP contribution in [0.4, 0.5) is 0 Å². The van der Waals surface area contributed by atoms with Crippen molar-refractivity contribution < 1.29 is 4.79 Å². The van der Waals surface area contributed by atoms with E-state index in [2.05, 4.69) is 41.6 Å². The molecular formula is C16H21IO. The monoisotopic (exact) mass is 356 g/mol. The number of halogens is 1. The Morgan fingerprint density at radius 2 is 2.11 bits per heavy atom. The first-order chi connectivity index (χ1) is 8.72. The van der Waals surface area contributed by atoms with E-state index in [1.807, 2.05) is 6.07 Å². The van der Waals surface area contributed by atoms with E-state index in [-0.39, 0.29) is 5.92 Å². The van der Waals surface area contributed by atoms with Crippen LogP contribution >= 0.6 is 22.6 Å². The van der Waals surface area contributed by atoms with Gasteiger partial charge in [-0.1, -0.05) is 38.7 Å². The zero-order chi connectivity index (χ0) is 13.0. The van der Waals surface area contributed by atoms with E-state index >= 15 is 0 Å². The normalized spacial score (nSPS) is 18.8. The van der Waals surface area contributed by atoms with E-state index < -0.39 is 0 Å². The van der Waals surface area contributed by atoms with Gasteiger partial charge in [0.25, 0.3) is 0 Å². The largest absolute Gasteiger partial charge is 0.294 e. The van der Waals surface area contributed by atoms with Crippen LogP contribution in [0.2, 0.25) is 0 Å². The van der Waals surface area contributed by atoms with Crippen molar-refractivity contribution in [1.82, 2.24) is 0 Å². The predicted octanol–water partition coefficient (Wildman–Crippen LogP) is 5.01. The maximum absolute atomic E-state index is 12.4. The summed E-state index contributed by atoms with van der Waals surface area (Å²) in [6.07, 6.45) is 8.28. The summed E-state index contributed by atoms with van der Waals surface area (Å²) in [6.45, 7) is 2.23. The average Bonchev–Trinajstić information content (AvgIpc) is 2.37. The standard InChI is InChI=1S/C16H21IO/c1-2-3-4-5-6-12-7-8-13-11-14(17)9-10-15(13)16(12)18/h9-12H,2-8H2,1H3/t12-/m1/s1. The lowest BCUT2D eigenvalue weighted by Gasteiger charge is -2.23. The molecule has 2 rings (SSSR count). The molecular weight excluding hydrogens is 335 g/mol. The number of hydrogen-bond donors (Lipinski definition) is 0. The summed E-state index contributed by atoms with van der Waals surface area (Å²) >= 11 is 2.32. The van der Waals surface area contributed by atoms with Crippen molar-refractivity contribution in [3.63, 3.8) is 0 Å². The molecule has 1 aromatic rings. The molecule has 98 valence electrons. The number of rotatable bonds is 5. The molecule has 0 bridgehead atoms. The van der Waals surface area contributed by atoms with Gasteiger partial charge in [0.1, 0.15) is 0 Å². The van der Waals surface area contributed by atoms with E-state index in [9.17, 15) is 4.79 Å². The van der Waals surface area contributed by atoms with Crippen LogP contribution in [-0.2, 0) is 6.42 Å². The summed E-state index contributed by atoms with van der Waals surface area (Å²) in [7, 11) is 0. The van der Waals surface area contributed by atoms with Crippen LogP contribution in [-0.4, -0.2) is 5.78 Å².